The van der Waals surface area contributed by atoms with E-state index in [1.807, 2.05) is 0 Å². The summed E-state index contributed by atoms with van der Waals surface area (Å²) in [6, 6.07) is 10.5. The summed E-state index contributed by atoms with van der Waals surface area (Å²) in [5.74, 6) is -2.39. The summed E-state index contributed by atoms with van der Waals surface area (Å²) in [4.78, 5) is 26.2. The van der Waals surface area contributed by atoms with E-state index < -0.39 is 81.1 Å². The van der Waals surface area contributed by atoms with Gasteiger partial charge in [-0.25, -0.2) is 22.3 Å². The fraction of sp³-hybridized carbons (Fsp3) is 0.389. The summed E-state index contributed by atoms with van der Waals surface area (Å²) in [5.41, 5.74) is -2.54. The summed E-state index contributed by atoms with van der Waals surface area (Å²) in [6.45, 7) is 6.03. The number of methoxy groups -OCH3 is 1. The molecule has 1 saturated carbocycles. The van der Waals surface area contributed by atoms with Gasteiger partial charge in [0.05, 0.1) is 40.8 Å². The molecule has 10 nitrogen and oxygen atoms in total. The zero-order valence-corrected chi connectivity index (χ0v) is 30.1. The Balaban J connectivity index is 1.37. The smallest absolute Gasteiger partial charge is 0.465 e. The molecule has 1 saturated heterocycles. The number of sulfonamides is 1. The van der Waals surface area contributed by atoms with Gasteiger partial charge in [-0.3, -0.25) is 4.79 Å². The first-order valence-corrected chi connectivity index (χ1v) is 18.1. The largest absolute Gasteiger partial charge is 0.496 e. The maximum absolute atomic E-state index is 14.4. The highest BCUT2D eigenvalue weighted by Crippen LogP contribution is 2.45. The monoisotopic (exact) mass is 744 g/mol. The van der Waals surface area contributed by atoms with Gasteiger partial charge in [-0.1, -0.05) is 6.07 Å². The first-order chi connectivity index (χ1) is 24.3. The SMILES string of the molecule is CNC(=O)c1c(-c2ccc(F)cc2)oc2cc(CS(=O)(=O)NCc3ccc(C(F)(F)F)c(B4OC(C)(C)C(C)(C)O4)c3C(=O)OC)c(C3CC3)cc12. The number of carbonyl (C=O) groups is 2. The zero-order valence-electron chi connectivity index (χ0n) is 29.3. The van der Waals surface area contributed by atoms with E-state index in [9.17, 15) is 35.6 Å². The van der Waals surface area contributed by atoms with E-state index >= 15 is 0 Å². The van der Waals surface area contributed by atoms with Gasteiger partial charge in [0.1, 0.15) is 17.2 Å². The van der Waals surface area contributed by atoms with Gasteiger partial charge in [0.2, 0.25) is 10.0 Å². The van der Waals surface area contributed by atoms with Crippen LogP contribution in [0, 0.1) is 5.82 Å². The number of carbonyl (C=O) groups excluding carboxylic acids is 2. The molecule has 3 aromatic carbocycles. The highest BCUT2D eigenvalue weighted by atomic mass is 32.2. The van der Waals surface area contributed by atoms with Crippen molar-refractivity contribution in [2.75, 3.05) is 14.2 Å². The van der Waals surface area contributed by atoms with Crippen LogP contribution in [0.3, 0.4) is 0 Å². The molecule has 1 aliphatic heterocycles. The molecule has 0 bridgehead atoms. The molecule has 4 aromatic rings. The molecular weight excluding hydrogens is 707 g/mol. The summed E-state index contributed by atoms with van der Waals surface area (Å²) >= 11 is 0. The van der Waals surface area contributed by atoms with Gasteiger partial charge in [0.15, 0.2) is 0 Å². The van der Waals surface area contributed by atoms with Crippen molar-refractivity contribution in [2.24, 2.45) is 0 Å². The van der Waals surface area contributed by atoms with E-state index in [-0.39, 0.29) is 28.4 Å². The van der Waals surface area contributed by atoms with Gasteiger partial charge < -0.3 is 23.8 Å². The summed E-state index contributed by atoms with van der Waals surface area (Å²) < 4.78 is 110. The minimum absolute atomic E-state index is 0.0274. The Bertz CT molecular complexity index is 2160. The Morgan fingerprint density at radius 1 is 0.962 bits per heavy atom. The van der Waals surface area contributed by atoms with Crippen molar-refractivity contribution < 1.29 is 54.0 Å². The molecule has 0 radical (unpaired) electrons. The van der Waals surface area contributed by atoms with E-state index in [0.29, 0.717) is 22.1 Å². The fourth-order valence-electron chi connectivity index (χ4n) is 6.31. The molecule has 0 unspecified atom stereocenters. The lowest BCUT2D eigenvalue weighted by Crippen LogP contribution is -2.44. The standard InChI is InChI=1S/C36H37BF4N2O8S/c1-34(2)35(3,4)51-37(50-34)30-26(36(39,40)41)14-11-21(28(30)33(45)48-6)17-43-52(46,47)18-22-15-27-25(16-24(22)19-7-8-19)29(32(44)42-5)31(49-27)20-9-12-23(38)13-10-20/h9-16,19,43H,7-8,17-18H2,1-6H3,(H,42,44). The zero-order chi connectivity index (χ0) is 38.0. The van der Waals surface area contributed by atoms with E-state index in [2.05, 4.69) is 10.0 Å². The lowest BCUT2D eigenvalue weighted by atomic mass is 9.71. The third-order valence-electron chi connectivity index (χ3n) is 9.87. The van der Waals surface area contributed by atoms with Crippen LogP contribution in [-0.2, 0) is 42.5 Å². The molecular formula is C36H37BF4N2O8S. The molecule has 6 rings (SSSR count). The van der Waals surface area contributed by atoms with Crippen molar-refractivity contribution in [3.8, 4) is 11.3 Å². The van der Waals surface area contributed by atoms with Crippen molar-refractivity contribution in [3.63, 3.8) is 0 Å². The molecule has 52 heavy (non-hydrogen) atoms. The van der Waals surface area contributed by atoms with Crippen molar-refractivity contribution in [1.29, 1.82) is 0 Å². The molecule has 0 atom stereocenters. The van der Waals surface area contributed by atoms with Crippen molar-refractivity contribution in [2.45, 2.75) is 76.1 Å². The predicted molar refractivity (Wildman–Crippen MR) is 185 cm³/mol. The van der Waals surface area contributed by atoms with Gasteiger partial charge in [-0.05, 0) is 106 Å². The van der Waals surface area contributed by atoms with Crippen LogP contribution in [0.25, 0.3) is 22.3 Å². The third kappa shape index (κ3) is 7.08. The van der Waals surface area contributed by atoms with Crippen LogP contribution in [-0.4, -0.2) is 52.8 Å². The quantitative estimate of drug-likeness (QED) is 0.112. The molecule has 1 aliphatic carbocycles. The van der Waals surface area contributed by atoms with E-state index in [4.69, 9.17) is 18.5 Å². The Hall–Kier alpha value is -4.25. The second-order valence-corrected chi connectivity index (χ2v) is 15.7. The van der Waals surface area contributed by atoms with Gasteiger partial charge in [-0.2, -0.15) is 13.2 Å². The molecule has 2 heterocycles. The number of rotatable bonds is 10. The summed E-state index contributed by atoms with van der Waals surface area (Å²) in [6.07, 6.45) is -3.34. The number of fused-ring (bicyclic) bond motifs is 1. The van der Waals surface area contributed by atoms with Crippen LogP contribution >= 0.6 is 0 Å². The topological polar surface area (TPSA) is 133 Å². The van der Waals surface area contributed by atoms with E-state index in [0.717, 1.165) is 32.1 Å². The molecule has 2 aliphatic rings. The summed E-state index contributed by atoms with van der Waals surface area (Å²) in [7, 11) is -3.37. The number of benzene rings is 3. The van der Waals surface area contributed by atoms with Crippen LogP contribution < -0.4 is 15.5 Å². The number of alkyl halides is 3. The van der Waals surface area contributed by atoms with Crippen molar-refractivity contribution in [3.05, 3.63) is 87.7 Å². The maximum atomic E-state index is 14.4. The number of hydrogen-bond donors (Lipinski definition) is 2. The van der Waals surface area contributed by atoms with Crippen LogP contribution in [0.4, 0.5) is 17.6 Å². The number of hydrogen-bond acceptors (Lipinski definition) is 8. The minimum atomic E-state index is -4.92. The molecule has 276 valence electrons. The minimum Gasteiger partial charge on any atom is -0.465 e. The average Bonchev–Trinajstić information content (AvgIpc) is 3.80. The molecule has 1 amide bonds. The van der Waals surface area contributed by atoms with E-state index in [1.54, 1.807) is 39.8 Å². The second kappa shape index (κ2) is 13.3. The Morgan fingerprint density at radius 2 is 1.60 bits per heavy atom. The number of halogens is 4. The van der Waals surface area contributed by atoms with Crippen molar-refractivity contribution >= 4 is 45.5 Å². The first-order valence-electron chi connectivity index (χ1n) is 16.5. The van der Waals surface area contributed by atoms with Gasteiger partial charge in [0, 0.05) is 30.0 Å². The molecule has 2 N–H and O–H groups in total. The van der Waals surface area contributed by atoms with Crippen molar-refractivity contribution in [1.82, 2.24) is 10.0 Å². The molecule has 2 fully saturated rings. The number of esters is 1. The third-order valence-corrected chi connectivity index (χ3v) is 11.1. The highest BCUT2D eigenvalue weighted by Gasteiger charge is 2.55. The van der Waals surface area contributed by atoms with Crippen LogP contribution in [0.15, 0.2) is 52.9 Å². The van der Waals surface area contributed by atoms with Crippen LogP contribution in [0.5, 0.6) is 0 Å². The Kier molecular flexibility index (Phi) is 9.60. The maximum Gasteiger partial charge on any atom is 0.496 e. The normalized spacial score (nSPS) is 17.1. The molecule has 1 aromatic heterocycles. The first kappa shape index (κ1) is 37.5. The highest BCUT2D eigenvalue weighted by molar-refractivity contribution is 7.88. The van der Waals surface area contributed by atoms with Crippen LogP contribution in [0.2, 0.25) is 0 Å². The van der Waals surface area contributed by atoms with Gasteiger partial charge in [0.25, 0.3) is 5.91 Å². The Labute approximate surface area is 298 Å². The number of nitrogens with one attached hydrogen (secondary N) is 2. The predicted octanol–water partition coefficient (Wildman–Crippen LogP) is 6.20. The molecule has 0 spiro atoms. The van der Waals surface area contributed by atoms with Crippen LogP contribution in [0.1, 0.15) is 89.4 Å². The lowest BCUT2D eigenvalue weighted by Gasteiger charge is -2.32. The fourth-order valence-corrected chi connectivity index (χ4v) is 7.44. The lowest BCUT2D eigenvalue weighted by molar-refractivity contribution is -0.136. The van der Waals surface area contributed by atoms with E-state index in [1.165, 1.54) is 31.3 Å². The molecule has 16 heteroatoms. The van der Waals surface area contributed by atoms with Gasteiger partial charge >= 0.3 is 19.3 Å². The summed E-state index contributed by atoms with van der Waals surface area (Å²) in [5, 5.41) is 3.05. The number of amides is 1. The number of ether oxygens (including phenoxy) is 1. The second-order valence-electron chi connectivity index (χ2n) is 13.9. The Morgan fingerprint density at radius 3 is 2.15 bits per heavy atom. The van der Waals surface area contributed by atoms with Gasteiger partial charge in [-0.15, -0.1) is 0 Å². The average molecular weight is 745 g/mol. The number of furan rings is 1.